The fourth-order valence-electron chi connectivity index (χ4n) is 4.42. The van der Waals surface area contributed by atoms with Crippen molar-refractivity contribution in [2.45, 2.75) is 19.8 Å². The molecule has 3 heterocycles. The second-order valence-electron chi connectivity index (χ2n) is 8.29. The Morgan fingerprint density at radius 3 is 2.61 bits per heavy atom. The van der Waals surface area contributed by atoms with Crippen LogP contribution in [-0.4, -0.2) is 58.6 Å². The summed E-state index contributed by atoms with van der Waals surface area (Å²) in [7, 11) is 0. The van der Waals surface area contributed by atoms with Crippen molar-refractivity contribution >= 4 is 39.3 Å². The number of amides is 2. The van der Waals surface area contributed by atoms with Gasteiger partial charge in [0.25, 0.3) is 0 Å². The van der Waals surface area contributed by atoms with E-state index in [9.17, 15) is 4.79 Å². The zero-order valence-electron chi connectivity index (χ0n) is 18.8. The number of rotatable bonds is 7. The second-order valence-corrected chi connectivity index (χ2v) is 8.29. The Hall–Kier alpha value is -3.65. The number of hydrogen-bond donors (Lipinski definition) is 4. The van der Waals surface area contributed by atoms with E-state index >= 15 is 0 Å². The zero-order valence-corrected chi connectivity index (χ0v) is 18.8. The van der Waals surface area contributed by atoms with E-state index in [0.717, 1.165) is 40.7 Å². The molecule has 0 spiro atoms. The molecule has 4 N–H and O–H groups in total. The van der Waals surface area contributed by atoms with Crippen molar-refractivity contribution in [1.29, 1.82) is 0 Å². The lowest BCUT2D eigenvalue weighted by molar-refractivity contribution is 0.252. The summed E-state index contributed by atoms with van der Waals surface area (Å²) < 4.78 is 0. The molecular weight excluding hydrogens is 414 g/mol. The number of aromatic nitrogens is 3. The Morgan fingerprint density at radius 2 is 1.79 bits per heavy atom. The standard InChI is InChI=1S/C25H29N7O/c1-2-26-25(33)30-21-17-9-3-5-11-19(17)28-22(21)24-29-20-12-6-4-10-18(20)23(31-24)27-13-16-32-14-7-8-15-32/h3-6,9-12,28H,2,7-8,13-16H2,1H3,(H2,26,30,33)(H,27,29,31). The minimum atomic E-state index is -0.256. The first-order valence-electron chi connectivity index (χ1n) is 11.6. The Balaban J connectivity index is 1.54. The van der Waals surface area contributed by atoms with Crippen LogP contribution in [0.1, 0.15) is 19.8 Å². The number of likely N-dealkylation sites (tertiary alicyclic amines) is 1. The van der Waals surface area contributed by atoms with Crippen LogP contribution in [-0.2, 0) is 0 Å². The monoisotopic (exact) mass is 443 g/mol. The van der Waals surface area contributed by atoms with Gasteiger partial charge in [-0.15, -0.1) is 0 Å². The Bertz CT molecular complexity index is 1280. The summed E-state index contributed by atoms with van der Waals surface area (Å²) in [6.07, 6.45) is 2.56. The fourth-order valence-corrected chi connectivity index (χ4v) is 4.42. The van der Waals surface area contributed by atoms with Gasteiger partial charge in [-0.3, -0.25) is 0 Å². The van der Waals surface area contributed by atoms with E-state index in [1.54, 1.807) is 0 Å². The first kappa shape index (κ1) is 21.2. The molecule has 2 aromatic carbocycles. The summed E-state index contributed by atoms with van der Waals surface area (Å²) in [6.45, 7) is 6.58. The van der Waals surface area contributed by atoms with Gasteiger partial charge in [-0.05, 0) is 51.1 Å². The van der Waals surface area contributed by atoms with Crippen molar-refractivity contribution in [3.63, 3.8) is 0 Å². The van der Waals surface area contributed by atoms with Crippen molar-refractivity contribution < 1.29 is 4.79 Å². The van der Waals surface area contributed by atoms with Gasteiger partial charge in [0.2, 0.25) is 0 Å². The highest BCUT2D eigenvalue weighted by Gasteiger charge is 2.19. The number of carbonyl (C=O) groups excluding carboxylic acids is 1. The lowest BCUT2D eigenvalue weighted by Crippen LogP contribution is -2.28. The van der Waals surface area contributed by atoms with Crippen molar-refractivity contribution in [1.82, 2.24) is 25.2 Å². The van der Waals surface area contributed by atoms with Gasteiger partial charge in [0.05, 0.1) is 11.2 Å². The highest BCUT2D eigenvalue weighted by molar-refractivity contribution is 6.07. The van der Waals surface area contributed by atoms with Gasteiger partial charge in [0.15, 0.2) is 5.82 Å². The molecule has 1 saturated heterocycles. The number of anilines is 2. The molecule has 0 aliphatic carbocycles. The van der Waals surface area contributed by atoms with Crippen molar-refractivity contribution in [2.24, 2.45) is 0 Å². The molecule has 4 aromatic rings. The molecular formula is C25H29N7O. The molecule has 0 atom stereocenters. The number of para-hydroxylation sites is 2. The van der Waals surface area contributed by atoms with Gasteiger partial charge in [-0.2, -0.15) is 0 Å². The van der Waals surface area contributed by atoms with Crippen LogP contribution in [0.15, 0.2) is 48.5 Å². The number of carbonyl (C=O) groups is 1. The molecule has 2 aromatic heterocycles. The van der Waals surface area contributed by atoms with Gasteiger partial charge in [0, 0.05) is 35.9 Å². The molecule has 170 valence electrons. The minimum Gasteiger partial charge on any atom is -0.368 e. The first-order valence-corrected chi connectivity index (χ1v) is 11.6. The number of benzene rings is 2. The summed E-state index contributed by atoms with van der Waals surface area (Å²) in [5, 5.41) is 11.2. The lowest BCUT2D eigenvalue weighted by atomic mass is 10.2. The van der Waals surface area contributed by atoms with E-state index in [0.29, 0.717) is 23.8 Å². The highest BCUT2D eigenvalue weighted by atomic mass is 16.2. The third-order valence-electron chi connectivity index (χ3n) is 6.03. The maximum atomic E-state index is 12.4. The van der Waals surface area contributed by atoms with E-state index in [2.05, 4.69) is 25.8 Å². The molecule has 8 heteroatoms. The SMILES string of the molecule is CCNC(=O)Nc1c(-c2nc(NCCN3CCCC3)c3ccccc3n2)[nH]c2ccccc12. The topological polar surface area (TPSA) is 98.0 Å². The third-order valence-corrected chi connectivity index (χ3v) is 6.03. The van der Waals surface area contributed by atoms with Crippen LogP contribution < -0.4 is 16.0 Å². The number of urea groups is 1. The van der Waals surface area contributed by atoms with Crippen molar-refractivity contribution in [2.75, 3.05) is 43.4 Å². The molecule has 5 rings (SSSR count). The molecule has 8 nitrogen and oxygen atoms in total. The molecule has 1 aliphatic heterocycles. The number of hydrogen-bond acceptors (Lipinski definition) is 5. The highest BCUT2D eigenvalue weighted by Crippen LogP contribution is 2.35. The van der Waals surface area contributed by atoms with Crippen LogP contribution in [0.5, 0.6) is 0 Å². The van der Waals surface area contributed by atoms with Crippen LogP contribution in [0.4, 0.5) is 16.3 Å². The average Bonchev–Trinajstić information content (AvgIpc) is 3.47. The lowest BCUT2D eigenvalue weighted by Gasteiger charge is -2.16. The van der Waals surface area contributed by atoms with Crippen LogP contribution in [0.25, 0.3) is 33.3 Å². The Kier molecular flexibility index (Phi) is 6.08. The maximum Gasteiger partial charge on any atom is 0.319 e. The number of H-pyrrole nitrogens is 1. The molecule has 33 heavy (non-hydrogen) atoms. The van der Waals surface area contributed by atoms with Gasteiger partial charge in [-0.25, -0.2) is 14.8 Å². The smallest absolute Gasteiger partial charge is 0.319 e. The van der Waals surface area contributed by atoms with Gasteiger partial charge in [0.1, 0.15) is 11.5 Å². The summed E-state index contributed by atoms with van der Waals surface area (Å²) in [6, 6.07) is 15.6. The van der Waals surface area contributed by atoms with Gasteiger partial charge < -0.3 is 25.8 Å². The Labute approximate surface area is 192 Å². The first-order chi connectivity index (χ1) is 16.2. The van der Waals surface area contributed by atoms with Gasteiger partial charge in [-0.1, -0.05) is 30.3 Å². The fraction of sp³-hybridized carbons (Fsp3) is 0.320. The van der Waals surface area contributed by atoms with E-state index < -0.39 is 0 Å². The predicted molar refractivity (Wildman–Crippen MR) is 134 cm³/mol. The summed E-state index contributed by atoms with van der Waals surface area (Å²) in [5.74, 6) is 1.35. The van der Waals surface area contributed by atoms with Crippen LogP contribution in [0, 0.1) is 0 Å². The molecule has 1 fully saturated rings. The summed E-state index contributed by atoms with van der Waals surface area (Å²) >= 11 is 0. The van der Waals surface area contributed by atoms with Crippen molar-refractivity contribution in [3.8, 4) is 11.5 Å². The average molecular weight is 444 g/mol. The second kappa shape index (κ2) is 9.46. The quantitative estimate of drug-likeness (QED) is 0.339. The van der Waals surface area contributed by atoms with Gasteiger partial charge >= 0.3 is 6.03 Å². The molecule has 1 aliphatic rings. The van der Waals surface area contributed by atoms with E-state index in [1.807, 2.05) is 55.5 Å². The van der Waals surface area contributed by atoms with E-state index in [1.165, 1.54) is 25.9 Å². The Morgan fingerprint density at radius 1 is 1.03 bits per heavy atom. The largest absolute Gasteiger partial charge is 0.368 e. The van der Waals surface area contributed by atoms with Crippen LogP contribution >= 0.6 is 0 Å². The minimum absolute atomic E-state index is 0.256. The van der Waals surface area contributed by atoms with Crippen LogP contribution in [0.3, 0.4) is 0 Å². The normalized spacial score (nSPS) is 14.1. The molecule has 0 unspecified atom stereocenters. The number of nitrogens with one attached hydrogen (secondary N) is 4. The number of nitrogens with zero attached hydrogens (tertiary/aromatic N) is 3. The van der Waals surface area contributed by atoms with Crippen LogP contribution in [0.2, 0.25) is 0 Å². The third kappa shape index (κ3) is 4.47. The summed E-state index contributed by atoms with van der Waals surface area (Å²) in [4.78, 5) is 28.0. The molecule has 0 radical (unpaired) electrons. The summed E-state index contributed by atoms with van der Waals surface area (Å²) in [5.41, 5.74) is 3.14. The maximum absolute atomic E-state index is 12.4. The molecule has 0 saturated carbocycles. The predicted octanol–water partition coefficient (Wildman–Crippen LogP) is 4.43. The zero-order chi connectivity index (χ0) is 22.6. The molecule has 0 bridgehead atoms. The number of aromatic amines is 1. The van der Waals surface area contributed by atoms with Crippen molar-refractivity contribution in [3.05, 3.63) is 48.5 Å². The van der Waals surface area contributed by atoms with E-state index in [4.69, 9.17) is 9.97 Å². The molecule has 2 amide bonds. The van der Waals surface area contributed by atoms with E-state index in [-0.39, 0.29) is 6.03 Å². The number of fused-ring (bicyclic) bond motifs is 2.